The molecule has 0 amide bonds. The molecule has 5 heteroatoms. The average molecular weight is 670 g/mol. The van der Waals surface area contributed by atoms with Gasteiger partial charge in [-0.3, -0.25) is 10.3 Å². The number of benzene rings is 6. The van der Waals surface area contributed by atoms with Crippen molar-refractivity contribution in [1.82, 2.24) is 25.6 Å². The minimum Gasteiger partial charge on any atom is -0.372 e. The highest BCUT2D eigenvalue weighted by molar-refractivity contribution is 5.96. The van der Waals surface area contributed by atoms with E-state index in [4.69, 9.17) is 9.97 Å². The summed E-state index contributed by atoms with van der Waals surface area (Å²) in [5.41, 5.74) is 13.9. The second-order valence-corrected chi connectivity index (χ2v) is 13.0. The maximum Gasteiger partial charge on any atom is 0.160 e. The Morgan fingerprint density at radius 2 is 1.12 bits per heavy atom. The summed E-state index contributed by atoms with van der Waals surface area (Å²) in [5.74, 6) is 0.682. The Morgan fingerprint density at radius 1 is 0.481 bits per heavy atom. The molecule has 2 N–H and O–H groups in total. The molecule has 5 nitrogen and oxygen atoms in total. The maximum absolute atomic E-state index is 5.30. The fraction of sp³-hybridized carbons (Fsp3) is 0.0426. The first-order valence-corrected chi connectivity index (χ1v) is 17.6. The Morgan fingerprint density at radius 3 is 1.81 bits per heavy atom. The van der Waals surface area contributed by atoms with Crippen molar-refractivity contribution < 1.29 is 0 Å². The summed E-state index contributed by atoms with van der Waals surface area (Å²) in [4.78, 5) is 15.1. The van der Waals surface area contributed by atoms with E-state index in [0.717, 1.165) is 73.3 Å². The number of aromatic nitrogens is 3. The van der Waals surface area contributed by atoms with Crippen LogP contribution in [-0.4, -0.2) is 21.5 Å². The van der Waals surface area contributed by atoms with Crippen molar-refractivity contribution in [2.45, 2.75) is 6.17 Å². The highest BCUT2D eigenvalue weighted by Crippen LogP contribution is 2.35. The molecule has 0 fully saturated rings. The zero-order valence-electron chi connectivity index (χ0n) is 28.4. The molecule has 1 unspecified atom stereocenters. The Hall–Kier alpha value is -6.69. The van der Waals surface area contributed by atoms with Gasteiger partial charge >= 0.3 is 0 Å². The third-order valence-electron chi connectivity index (χ3n) is 9.64. The standard InChI is InChI=1S/C47H35N5/c1-4-12-32(13-5-1)37-23-24-42-44(29-37)51-47(52-45(42)36-16-8-3-9-17-36)40-27-38(34-19-21-35(22-20-34)43-18-10-11-25-48-43)26-39(28-40)46-49-30-41(31-50-46)33-14-6-2-7-15-33/h1-30,46,49-50H,31H2. The second kappa shape index (κ2) is 13.9. The molecule has 2 aromatic heterocycles. The molecule has 1 atom stereocenters. The van der Waals surface area contributed by atoms with E-state index in [1.54, 1.807) is 0 Å². The number of fused-ring (bicyclic) bond motifs is 1. The van der Waals surface area contributed by atoms with Gasteiger partial charge in [-0.15, -0.1) is 0 Å². The van der Waals surface area contributed by atoms with Gasteiger partial charge in [-0.25, -0.2) is 9.97 Å². The average Bonchev–Trinajstić information content (AvgIpc) is 3.24. The summed E-state index contributed by atoms with van der Waals surface area (Å²) < 4.78 is 0. The maximum atomic E-state index is 5.30. The van der Waals surface area contributed by atoms with Crippen molar-refractivity contribution in [1.29, 1.82) is 0 Å². The summed E-state index contributed by atoms with van der Waals surface area (Å²) in [5, 5.41) is 8.40. The summed E-state index contributed by atoms with van der Waals surface area (Å²) in [6.07, 6.45) is 3.87. The molecule has 0 saturated heterocycles. The third kappa shape index (κ3) is 6.37. The van der Waals surface area contributed by atoms with Crippen molar-refractivity contribution in [2.75, 3.05) is 6.54 Å². The van der Waals surface area contributed by atoms with Crippen molar-refractivity contribution in [2.24, 2.45) is 0 Å². The van der Waals surface area contributed by atoms with Crippen LogP contribution in [0.25, 0.3) is 72.6 Å². The highest BCUT2D eigenvalue weighted by Gasteiger charge is 2.20. The quantitative estimate of drug-likeness (QED) is 0.177. The fourth-order valence-corrected chi connectivity index (χ4v) is 6.92. The molecule has 6 aromatic carbocycles. The van der Waals surface area contributed by atoms with E-state index in [0.29, 0.717) is 5.82 Å². The lowest BCUT2D eigenvalue weighted by molar-refractivity contribution is 0.505. The molecule has 0 spiro atoms. The summed E-state index contributed by atoms with van der Waals surface area (Å²) >= 11 is 0. The zero-order valence-corrected chi connectivity index (χ0v) is 28.4. The molecule has 9 rings (SSSR count). The van der Waals surface area contributed by atoms with Gasteiger partial charge in [-0.1, -0.05) is 127 Å². The Balaban J connectivity index is 1.18. The fourth-order valence-electron chi connectivity index (χ4n) is 6.92. The minimum absolute atomic E-state index is 0.0994. The molecule has 0 radical (unpaired) electrons. The predicted octanol–water partition coefficient (Wildman–Crippen LogP) is 10.6. The number of nitrogens with zero attached hydrogens (tertiary/aromatic N) is 3. The van der Waals surface area contributed by atoms with Crippen molar-refractivity contribution in [3.8, 4) is 56.2 Å². The van der Waals surface area contributed by atoms with Gasteiger partial charge in [0, 0.05) is 41.0 Å². The van der Waals surface area contributed by atoms with E-state index < -0.39 is 0 Å². The number of nitrogens with one attached hydrogen (secondary N) is 2. The molecular weight excluding hydrogens is 635 g/mol. The molecule has 0 aliphatic carbocycles. The van der Waals surface area contributed by atoms with Crippen LogP contribution in [0.4, 0.5) is 0 Å². The Kier molecular flexibility index (Phi) is 8.37. The molecule has 8 aromatic rings. The van der Waals surface area contributed by atoms with E-state index in [1.165, 1.54) is 11.1 Å². The van der Waals surface area contributed by atoms with Gasteiger partial charge in [-0.2, -0.15) is 0 Å². The second-order valence-electron chi connectivity index (χ2n) is 13.0. The predicted molar refractivity (Wildman–Crippen MR) is 213 cm³/mol. The van der Waals surface area contributed by atoms with Gasteiger partial charge in [0.05, 0.1) is 16.9 Å². The smallest absolute Gasteiger partial charge is 0.160 e. The van der Waals surface area contributed by atoms with E-state index >= 15 is 0 Å². The number of pyridine rings is 1. The number of hydrogen-bond donors (Lipinski definition) is 2. The van der Waals surface area contributed by atoms with Crippen LogP contribution in [0.1, 0.15) is 17.3 Å². The van der Waals surface area contributed by atoms with Gasteiger partial charge < -0.3 is 5.32 Å². The summed E-state index contributed by atoms with van der Waals surface area (Å²) in [6.45, 7) is 0.743. The van der Waals surface area contributed by atoms with Gasteiger partial charge in [0.2, 0.25) is 0 Å². The number of rotatable bonds is 7. The minimum atomic E-state index is -0.0994. The highest BCUT2D eigenvalue weighted by atomic mass is 15.1. The largest absolute Gasteiger partial charge is 0.372 e. The van der Waals surface area contributed by atoms with Gasteiger partial charge in [-0.05, 0) is 81.4 Å². The lowest BCUT2D eigenvalue weighted by Crippen LogP contribution is -2.36. The normalized spacial score (nSPS) is 14.1. The topological polar surface area (TPSA) is 62.7 Å². The van der Waals surface area contributed by atoms with Crippen molar-refractivity contribution in [3.05, 3.63) is 193 Å². The van der Waals surface area contributed by atoms with Crippen molar-refractivity contribution in [3.63, 3.8) is 0 Å². The molecule has 0 bridgehead atoms. The lowest BCUT2D eigenvalue weighted by Gasteiger charge is -2.27. The molecule has 0 saturated carbocycles. The first-order valence-electron chi connectivity index (χ1n) is 17.6. The van der Waals surface area contributed by atoms with Crippen LogP contribution in [0.5, 0.6) is 0 Å². The number of hydrogen-bond acceptors (Lipinski definition) is 5. The van der Waals surface area contributed by atoms with Crippen LogP contribution in [-0.2, 0) is 0 Å². The lowest BCUT2D eigenvalue weighted by atomic mass is 9.95. The van der Waals surface area contributed by atoms with Crippen LogP contribution in [0.15, 0.2) is 182 Å². The SMILES string of the molecule is C1=C(c2ccccc2)CNC(c2cc(-c3ccc(-c4ccccn4)cc3)cc(-c3nc(-c4ccccc4)c4ccc(-c5ccccc5)cc4n3)c2)N1. The molecule has 52 heavy (non-hydrogen) atoms. The van der Waals surface area contributed by atoms with E-state index in [1.807, 2.05) is 42.6 Å². The Labute approximate surface area is 303 Å². The molecule has 3 heterocycles. The third-order valence-corrected chi connectivity index (χ3v) is 9.64. The van der Waals surface area contributed by atoms with Crippen LogP contribution < -0.4 is 10.6 Å². The Bertz CT molecular complexity index is 2520. The molecule has 1 aliphatic heterocycles. The van der Waals surface area contributed by atoms with Crippen LogP contribution >= 0.6 is 0 Å². The van der Waals surface area contributed by atoms with E-state index in [-0.39, 0.29) is 6.17 Å². The molecular formula is C47H35N5. The summed E-state index contributed by atoms with van der Waals surface area (Å²) in [6, 6.07) is 59.2. The van der Waals surface area contributed by atoms with Crippen LogP contribution in [0.3, 0.4) is 0 Å². The first kappa shape index (κ1) is 31.3. The monoisotopic (exact) mass is 669 g/mol. The van der Waals surface area contributed by atoms with Gasteiger partial charge in [0.1, 0.15) is 6.17 Å². The van der Waals surface area contributed by atoms with Crippen LogP contribution in [0, 0.1) is 0 Å². The van der Waals surface area contributed by atoms with Crippen molar-refractivity contribution >= 4 is 16.5 Å². The van der Waals surface area contributed by atoms with E-state index in [2.05, 4.69) is 155 Å². The first-order chi connectivity index (χ1) is 25.7. The molecule has 1 aliphatic rings. The zero-order chi connectivity index (χ0) is 34.7. The molecule has 248 valence electrons. The van der Waals surface area contributed by atoms with E-state index in [9.17, 15) is 0 Å². The summed E-state index contributed by atoms with van der Waals surface area (Å²) in [7, 11) is 0. The van der Waals surface area contributed by atoms with Gasteiger partial charge in [0.15, 0.2) is 5.82 Å². The van der Waals surface area contributed by atoms with Gasteiger partial charge in [0.25, 0.3) is 0 Å². The van der Waals surface area contributed by atoms with Crippen LogP contribution in [0.2, 0.25) is 0 Å².